The van der Waals surface area contributed by atoms with Crippen LogP contribution in [0.5, 0.6) is 5.75 Å². The summed E-state index contributed by atoms with van der Waals surface area (Å²) in [6.45, 7) is 1.18. The van der Waals surface area contributed by atoms with Gasteiger partial charge in [-0.2, -0.15) is 4.31 Å². The first-order valence-electron chi connectivity index (χ1n) is 9.85. The van der Waals surface area contributed by atoms with Gasteiger partial charge in [-0.25, -0.2) is 18.4 Å². The molecule has 1 aliphatic rings. The third-order valence-corrected chi connectivity index (χ3v) is 7.15. The number of ether oxygens (including phenoxy) is 2. The van der Waals surface area contributed by atoms with Crippen molar-refractivity contribution in [3.8, 4) is 5.75 Å². The number of sulfonamides is 1. The fourth-order valence-electron chi connectivity index (χ4n) is 3.38. The molecule has 0 unspecified atom stereocenters. The highest BCUT2D eigenvalue weighted by Crippen LogP contribution is 2.29. The number of halogens is 1. The molecule has 2 heterocycles. The van der Waals surface area contributed by atoms with Crippen molar-refractivity contribution in [2.24, 2.45) is 0 Å². The molecular weight excluding hydrogens is 456 g/mol. The van der Waals surface area contributed by atoms with E-state index in [1.807, 2.05) is 12.1 Å². The second kappa shape index (κ2) is 9.37. The highest BCUT2D eigenvalue weighted by Gasteiger charge is 2.29. The van der Waals surface area contributed by atoms with Crippen LogP contribution in [-0.2, 0) is 26.0 Å². The summed E-state index contributed by atoms with van der Waals surface area (Å²) in [5.74, 6) is -0.0505. The van der Waals surface area contributed by atoms with Gasteiger partial charge in [0.05, 0.1) is 37.8 Å². The molecule has 168 valence electrons. The van der Waals surface area contributed by atoms with Gasteiger partial charge in [-0.15, -0.1) is 0 Å². The second-order valence-corrected chi connectivity index (χ2v) is 9.34. The Hall–Kier alpha value is -2.79. The number of nitrogens with one attached hydrogen (secondary N) is 1. The van der Waals surface area contributed by atoms with Crippen LogP contribution < -0.4 is 10.1 Å². The average Bonchev–Trinajstić information content (AvgIpc) is 2.80. The molecule has 0 radical (unpaired) electrons. The Balaban J connectivity index is 1.56. The molecule has 1 saturated heterocycles. The standard InChI is InChI=1S/C21H21ClN4O5S/c1-30-17-7-6-14(12-18(17)32(28,29)26-8-10-31-11-9-26)13-19(27)25-21-20(22)23-15-4-2-3-5-16(15)24-21/h2-7,12H,8-11,13H2,1H3,(H,24,25,27). The Morgan fingerprint density at radius 2 is 1.84 bits per heavy atom. The molecule has 4 rings (SSSR count). The fourth-order valence-corrected chi connectivity index (χ4v) is 5.17. The van der Waals surface area contributed by atoms with E-state index in [9.17, 15) is 13.2 Å². The summed E-state index contributed by atoms with van der Waals surface area (Å²) in [5, 5.41) is 2.72. The smallest absolute Gasteiger partial charge is 0.246 e. The van der Waals surface area contributed by atoms with Crippen LogP contribution in [-0.4, -0.2) is 62.0 Å². The van der Waals surface area contributed by atoms with Crippen molar-refractivity contribution in [1.29, 1.82) is 0 Å². The summed E-state index contributed by atoms with van der Waals surface area (Å²) < 4.78 is 38.1. The van der Waals surface area contributed by atoms with Crippen molar-refractivity contribution >= 4 is 44.4 Å². The van der Waals surface area contributed by atoms with Gasteiger partial charge in [-0.05, 0) is 29.8 Å². The lowest BCUT2D eigenvalue weighted by Gasteiger charge is -2.26. The molecule has 1 fully saturated rings. The van der Waals surface area contributed by atoms with Crippen LogP contribution in [0, 0.1) is 0 Å². The molecular formula is C21H21ClN4O5S. The van der Waals surface area contributed by atoms with E-state index in [-0.39, 0.29) is 41.1 Å². The van der Waals surface area contributed by atoms with Crippen LogP contribution in [0.1, 0.15) is 5.56 Å². The molecule has 0 aliphatic carbocycles. The summed E-state index contributed by atoms with van der Waals surface area (Å²) >= 11 is 6.16. The Morgan fingerprint density at radius 1 is 1.16 bits per heavy atom. The number of anilines is 1. The average molecular weight is 477 g/mol. The quantitative estimate of drug-likeness (QED) is 0.581. The molecule has 0 bridgehead atoms. The zero-order valence-corrected chi connectivity index (χ0v) is 18.8. The van der Waals surface area contributed by atoms with Crippen molar-refractivity contribution in [3.05, 3.63) is 53.2 Å². The number of rotatable bonds is 6. The second-order valence-electron chi connectivity index (χ2n) is 7.08. The van der Waals surface area contributed by atoms with Crippen molar-refractivity contribution < 1.29 is 22.7 Å². The largest absolute Gasteiger partial charge is 0.495 e. The summed E-state index contributed by atoms with van der Waals surface area (Å²) in [4.78, 5) is 21.2. The van der Waals surface area contributed by atoms with Crippen LogP contribution in [0.15, 0.2) is 47.4 Å². The number of hydrogen-bond donors (Lipinski definition) is 1. The van der Waals surface area contributed by atoms with E-state index in [1.54, 1.807) is 24.3 Å². The first kappa shape index (κ1) is 22.4. The number of morpholine rings is 1. The van der Waals surface area contributed by atoms with Gasteiger partial charge in [0.2, 0.25) is 15.9 Å². The Morgan fingerprint density at radius 3 is 2.53 bits per heavy atom. The molecule has 1 N–H and O–H groups in total. The van der Waals surface area contributed by atoms with Gasteiger partial charge in [0.25, 0.3) is 0 Å². The summed E-state index contributed by atoms with van der Waals surface area (Å²) in [6, 6.07) is 11.8. The Labute approximate surface area is 190 Å². The monoisotopic (exact) mass is 476 g/mol. The van der Waals surface area contributed by atoms with Gasteiger partial charge in [0.1, 0.15) is 10.6 Å². The van der Waals surface area contributed by atoms with Gasteiger partial charge in [-0.1, -0.05) is 29.8 Å². The molecule has 32 heavy (non-hydrogen) atoms. The van der Waals surface area contributed by atoms with Crippen molar-refractivity contribution in [2.45, 2.75) is 11.3 Å². The van der Waals surface area contributed by atoms with Crippen LogP contribution >= 0.6 is 11.6 Å². The number of amides is 1. The molecule has 1 amide bonds. The SMILES string of the molecule is COc1ccc(CC(=O)Nc2nc3ccccc3nc2Cl)cc1S(=O)(=O)N1CCOCC1. The lowest BCUT2D eigenvalue weighted by Crippen LogP contribution is -2.40. The van der Waals surface area contributed by atoms with Crippen molar-refractivity contribution in [1.82, 2.24) is 14.3 Å². The molecule has 0 saturated carbocycles. The number of hydrogen-bond acceptors (Lipinski definition) is 7. The fraction of sp³-hybridized carbons (Fsp3) is 0.286. The minimum atomic E-state index is -3.80. The molecule has 2 aromatic carbocycles. The first-order valence-corrected chi connectivity index (χ1v) is 11.7. The number of benzene rings is 2. The molecule has 0 spiro atoms. The van der Waals surface area contributed by atoms with Gasteiger partial charge >= 0.3 is 0 Å². The number of methoxy groups -OCH3 is 1. The van der Waals surface area contributed by atoms with E-state index in [1.165, 1.54) is 17.5 Å². The predicted molar refractivity (Wildman–Crippen MR) is 119 cm³/mol. The number of fused-ring (bicyclic) bond motifs is 1. The van der Waals surface area contributed by atoms with E-state index >= 15 is 0 Å². The molecule has 11 heteroatoms. The third kappa shape index (κ3) is 4.68. The van der Waals surface area contributed by atoms with E-state index in [4.69, 9.17) is 21.1 Å². The highest BCUT2D eigenvalue weighted by molar-refractivity contribution is 7.89. The lowest BCUT2D eigenvalue weighted by atomic mass is 10.1. The number of nitrogens with zero attached hydrogens (tertiary/aromatic N) is 3. The Bertz CT molecular complexity index is 1260. The topological polar surface area (TPSA) is 111 Å². The van der Waals surface area contributed by atoms with Crippen molar-refractivity contribution in [3.63, 3.8) is 0 Å². The van der Waals surface area contributed by atoms with Crippen LogP contribution in [0.3, 0.4) is 0 Å². The van der Waals surface area contributed by atoms with E-state index in [0.717, 1.165) is 0 Å². The summed E-state index contributed by atoms with van der Waals surface area (Å²) in [5.41, 5.74) is 1.71. The van der Waals surface area contributed by atoms with E-state index in [2.05, 4.69) is 15.3 Å². The zero-order valence-electron chi connectivity index (χ0n) is 17.2. The van der Waals surface area contributed by atoms with Gasteiger partial charge in [-0.3, -0.25) is 4.79 Å². The van der Waals surface area contributed by atoms with Crippen LogP contribution in [0.25, 0.3) is 11.0 Å². The molecule has 1 aromatic heterocycles. The van der Waals surface area contributed by atoms with Crippen LogP contribution in [0.4, 0.5) is 5.82 Å². The summed E-state index contributed by atoms with van der Waals surface area (Å²) in [6.07, 6.45) is -0.0829. The molecule has 1 aliphatic heterocycles. The normalized spacial score (nSPS) is 14.9. The number of aromatic nitrogens is 2. The zero-order chi connectivity index (χ0) is 22.7. The number of carbonyl (C=O) groups is 1. The summed E-state index contributed by atoms with van der Waals surface area (Å²) in [7, 11) is -2.40. The van der Waals surface area contributed by atoms with E-state index < -0.39 is 15.9 Å². The third-order valence-electron chi connectivity index (χ3n) is 4.97. The van der Waals surface area contributed by atoms with Gasteiger partial charge < -0.3 is 14.8 Å². The maximum atomic E-state index is 13.1. The van der Waals surface area contributed by atoms with Crippen molar-refractivity contribution in [2.75, 3.05) is 38.7 Å². The molecule has 3 aromatic rings. The Kier molecular flexibility index (Phi) is 6.56. The van der Waals surface area contributed by atoms with Crippen LogP contribution in [0.2, 0.25) is 5.15 Å². The first-order chi connectivity index (χ1) is 15.4. The van der Waals surface area contributed by atoms with Gasteiger partial charge in [0.15, 0.2) is 11.0 Å². The maximum Gasteiger partial charge on any atom is 0.246 e. The molecule has 0 atom stereocenters. The number of carbonyl (C=O) groups excluding carboxylic acids is 1. The maximum absolute atomic E-state index is 13.1. The van der Waals surface area contributed by atoms with Gasteiger partial charge in [0, 0.05) is 13.1 Å². The van der Waals surface area contributed by atoms with E-state index in [0.29, 0.717) is 29.8 Å². The lowest BCUT2D eigenvalue weighted by molar-refractivity contribution is -0.115. The minimum absolute atomic E-state index is 0.00993. The molecule has 9 nitrogen and oxygen atoms in total. The highest BCUT2D eigenvalue weighted by atomic mass is 35.5. The minimum Gasteiger partial charge on any atom is -0.495 e. The number of para-hydroxylation sites is 2. The predicted octanol–water partition coefficient (Wildman–Crippen LogP) is 2.49.